The van der Waals surface area contributed by atoms with E-state index in [2.05, 4.69) is 20.3 Å². The first-order valence-corrected chi connectivity index (χ1v) is 5.43. The molecule has 2 heterocycles. The van der Waals surface area contributed by atoms with E-state index in [1.54, 1.807) is 20.0 Å². The molecule has 1 atom stereocenters. The number of nitrogens with zero attached hydrogens (tertiary/aromatic N) is 4. The minimum absolute atomic E-state index is 0.0286. The number of nitro groups is 1. The lowest BCUT2D eigenvalue weighted by atomic mass is 10.3. The number of nitrogen functional groups attached to an aromatic ring is 1. The molecular formula is C10H12N6O3. The standard InChI is InChI=1S/C10H12N6O3/c1-5-3-12-9(19-5)6(2)14-8-7(16(17)18)4-13-10(11)15-8/h3-4,6H,1-2H3,(H3,11,13,14,15). The van der Waals surface area contributed by atoms with Gasteiger partial charge < -0.3 is 15.5 Å². The molecule has 0 aliphatic rings. The average Bonchev–Trinajstić information content (AvgIpc) is 2.75. The minimum atomic E-state index is -0.588. The molecule has 0 bridgehead atoms. The first kappa shape index (κ1) is 12.7. The first-order valence-electron chi connectivity index (χ1n) is 5.43. The van der Waals surface area contributed by atoms with Crippen molar-refractivity contribution in [2.75, 3.05) is 11.1 Å². The molecule has 2 rings (SSSR count). The van der Waals surface area contributed by atoms with Crippen LogP contribution in [0.4, 0.5) is 17.5 Å². The zero-order valence-corrected chi connectivity index (χ0v) is 10.3. The van der Waals surface area contributed by atoms with Gasteiger partial charge in [0.15, 0.2) is 0 Å². The Morgan fingerprint density at radius 3 is 2.79 bits per heavy atom. The van der Waals surface area contributed by atoms with Crippen molar-refractivity contribution in [3.8, 4) is 0 Å². The quantitative estimate of drug-likeness (QED) is 0.625. The van der Waals surface area contributed by atoms with Crippen LogP contribution in [-0.2, 0) is 0 Å². The molecular weight excluding hydrogens is 252 g/mol. The lowest BCUT2D eigenvalue weighted by molar-refractivity contribution is -0.384. The summed E-state index contributed by atoms with van der Waals surface area (Å²) >= 11 is 0. The van der Waals surface area contributed by atoms with E-state index in [0.29, 0.717) is 11.7 Å². The van der Waals surface area contributed by atoms with Crippen LogP contribution in [0.1, 0.15) is 24.6 Å². The Morgan fingerprint density at radius 2 is 2.21 bits per heavy atom. The van der Waals surface area contributed by atoms with Crippen LogP contribution >= 0.6 is 0 Å². The van der Waals surface area contributed by atoms with E-state index >= 15 is 0 Å². The second-order valence-corrected chi connectivity index (χ2v) is 3.89. The number of nitrogens with two attached hydrogens (primary N) is 1. The topological polar surface area (TPSA) is 133 Å². The van der Waals surface area contributed by atoms with Crippen molar-refractivity contribution in [3.05, 3.63) is 34.2 Å². The van der Waals surface area contributed by atoms with Crippen LogP contribution in [0, 0.1) is 17.0 Å². The Bertz CT molecular complexity index is 611. The van der Waals surface area contributed by atoms with Crippen LogP contribution in [0.3, 0.4) is 0 Å². The van der Waals surface area contributed by atoms with Gasteiger partial charge in [-0.3, -0.25) is 10.1 Å². The number of rotatable bonds is 4. The fraction of sp³-hybridized carbons (Fsp3) is 0.300. The van der Waals surface area contributed by atoms with Crippen molar-refractivity contribution in [2.45, 2.75) is 19.9 Å². The zero-order valence-electron chi connectivity index (χ0n) is 10.3. The van der Waals surface area contributed by atoms with Crippen LogP contribution in [0.15, 0.2) is 16.8 Å². The minimum Gasteiger partial charge on any atom is -0.444 e. The molecule has 0 saturated heterocycles. The molecule has 9 nitrogen and oxygen atoms in total. The largest absolute Gasteiger partial charge is 0.444 e. The molecule has 100 valence electrons. The third-order valence-electron chi connectivity index (χ3n) is 2.35. The number of hydrogen-bond acceptors (Lipinski definition) is 8. The molecule has 0 amide bonds. The van der Waals surface area contributed by atoms with Crippen LogP contribution in [0.25, 0.3) is 0 Å². The van der Waals surface area contributed by atoms with Crippen molar-refractivity contribution < 1.29 is 9.34 Å². The maximum absolute atomic E-state index is 10.9. The molecule has 0 spiro atoms. The van der Waals surface area contributed by atoms with Gasteiger partial charge in [-0.15, -0.1) is 0 Å². The fourth-order valence-corrected chi connectivity index (χ4v) is 1.47. The van der Waals surface area contributed by atoms with Gasteiger partial charge in [-0.05, 0) is 13.8 Å². The number of aryl methyl sites for hydroxylation is 1. The summed E-state index contributed by atoms with van der Waals surface area (Å²) in [6.07, 6.45) is 2.62. The average molecular weight is 264 g/mol. The monoisotopic (exact) mass is 264 g/mol. The van der Waals surface area contributed by atoms with Crippen molar-refractivity contribution in [3.63, 3.8) is 0 Å². The molecule has 0 aliphatic carbocycles. The van der Waals surface area contributed by atoms with Crippen molar-refractivity contribution in [2.24, 2.45) is 0 Å². The summed E-state index contributed by atoms with van der Waals surface area (Å²) < 4.78 is 5.33. The summed E-state index contributed by atoms with van der Waals surface area (Å²) in [7, 11) is 0. The lowest BCUT2D eigenvalue weighted by Gasteiger charge is -2.11. The van der Waals surface area contributed by atoms with Gasteiger partial charge in [0.2, 0.25) is 17.7 Å². The summed E-state index contributed by atoms with van der Waals surface area (Å²) in [6, 6.07) is -0.387. The summed E-state index contributed by atoms with van der Waals surface area (Å²) in [5, 5.41) is 13.7. The second-order valence-electron chi connectivity index (χ2n) is 3.89. The molecule has 0 aromatic carbocycles. The maximum Gasteiger partial charge on any atom is 0.329 e. The molecule has 0 saturated carbocycles. The van der Waals surface area contributed by atoms with Crippen LogP contribution in [0.5, 0.6) is 0 Å². The number of hydrogen-bond donors (Lipinski definition) is 2. The number of nitrogens with one attached hydrogen (secondary N) is 1. The lowest BCUT2D eigenvalue weighted by Crippen LogP contribution is -2.11. The second kappa shape index (κ2) is 4.88. The number of aromatic nitrogens is 3. The van der Waals surface area contributed by atoms with Crippen molar-refractivity contribution in [1.29, 1.82) is 0 Å². The van der Waals surface area contributed by atoms with E-state index in [0.717, 1.165) is 6.20 Å². The highest BCUT2D eigenvalue weighted by atomic mass is 16.6. The van der Waals surface area contributed by atoms with Crippen LogP contribution < -0.4 is 11.1 Å². The van der Waals surface area contributed by atoms with Gasteiger partial charge in [0.05, 0.1) is 11.1 Å². The Hall–Kier alpha value is -2.71. The predicted octanol–water partition coefficient (Wildman–Crippen LogP) is 1.44. The molecule has 0 aliphatic heterocycles. The van der Waals surface area contributed by atoms with Gasteiger partial charge in [0, 0.05) is 0 Å². The molecule has 3 N–H and O–H groups in total. The summed E-state index contributed by atoms with van der Waals surface area (Å²) in [5.74, 6) is 1.04. The summed E-state index contributed by atoms with van der Waals surface area (Å²) in [5.41, 5.74) is 5.16. The maximum atomic E-state index is 10.9. The molecule has 0 radical (unpaired) electrons. The molecule has 0 fully saturated rings. The van der Waals surface area contributed by atoms with Gasteiger partial charge in [0.25, 0.3) is 0 Å². The van der Waals surface area contributed by atoms with Crippen molar-refractivity contribution in [1.82, 2.24) is 15.0 Å². The van der Waals surface area contributed by atoms with Gasteiger partial charge in [-0.2, -0.15) is 4.98 Å². The highest BCUT2D eigenvalue weighted by molar-refractivity contribution is 5.56. The van der Waals surface area contributed by atoms with E-state index < -0.39 is 4.92 Å². The number of anilines is 2. The van der Waals surface area contributed by atoms with Gasteiger partial charge in [0.1, 0.15) is 18.0 Å². The zero-order chi connectivity index (χ0) is 14.0. The molecule has 19 heavy (non-hydrogen) atoms. The molecule has 9 heteroatoms. The highest BCUT2D eigenvalue weighted by Gasteiger charge is 2.20. The third-order valence-corrected chi connectivity index (χ3v) is 2.35. The Balaban J connectivity index is 2.27. The summed E-state index contributed by atoms with van der Waals surface area (Å²) in [6.45, 7) is 3.50. The van der Waals surface area contributed by atoms with E-state index in [-0.39, 0.29) is 23.5 Å². The van der Waals surface area contributed by atoms with Gasteiger partial charge in [-0.1, -0.05) is 0 Å². The third kappa shape index (κ3) is 2.76. The number of oxazole rings is 1. The van der Waals surface area contributed by atoms with Crippen molar-refractivity contribution >= 4 is 17.5 Å². The van der Waals surface area contributed by atoms with Gasteiger partial charge in [-0.25, -0.2) is 9.97 Å². The van der Waals surface area contributed by atoms with Crippen LogP contribution in [0.2, 0.25) is 0 Å². The highest BCUT2D eigenvalue weighted by Crippen LogP contribution is 2.25. The first-order chi connectivity index (χ1) is 8.97. The smallest absolute Gasteiger partial charge is 0.329 e. The van der Waals surface area contributed by atoms with E-state index in [1.165, 1.54) is 0 Å². The molecule has 2 aromatic rings. The van der Waals surface area contributed by atoms with E-state index in [4.69, 9.17) is 10.2 Å². The van der Waals surface area contributed by atoms with Crippen LogP contribution in [-0.4, -0.2) is 19.9 Å². The van der Waals surface area contributed by atoms with E-state index in [9.17, 15) is 10.1 Å². The van der Waals surface area contributed by atoms with E-state index in [1.807, 2.05) is 0 Å². The Kier molecular flexibility index (Phi) is 3.27. The summed E-state index contributed by atoms with van der Waals surface area (Å²) in [4.78, 5) is 21.7. The molecule has 2 aromatic heterocycles. The van der Waals surface area contributed by atoms with Gasteiger partial charge >= 0.3 is 5.69 Å². The normalized spacial score (nSPS) is 12.1. The molecule has 1 unspecified atom stereocenters. The predicted molar refractivity (Wildman–Crippen MR) is 66.4 cm³/mol. The Morgan fingerprint density at radius 1 is 1.47 bits per heavy atom. The fourth-order valence-electron chi connectivity index (χ4n) is 1.47. The SMILES string of the molecule is Cc1cnc(C(C)Nc2nc(N)ncc2[N+](=O)[O-])o1. The Labute approximate surface area is 108 Å².